The second-order valence-corrected chi connectivity index (χ2v) is 8.87. The zero-order valence-electron chi connectivity index (χ0n) is 18.5. The average Bonchev–Trinajstić information content (AvgIpc) is 3.38. The molecule has 2 saturated heterocycles. The molecular formula is C24H32N6O. The number of hydrogen-bond donors (Lipinski definition) is 1. The minimum Gasteiger partial charge on any atom is -0.390 e. The van der Waals surface area contributed by atoms with Crippen LogP contribution in [0, 0.1) is 6.92 Å². The van der Waals surface area contributed by atoms with E-state index >= 15 is 0 Å². The molecule has 3 aromatic rings. The number of likely N-dealkylation sites (N-methyl/N-ethyl adjacent to an activating group) is 1. The lowest BCUT2D eigenvalue weighted by Crippen LogP contribution is -2.45. The number of likely N-dealkylation sites (tertiary alicyclic amines) is 1. The molecule has 5 heterocycles. The average molecular weight is 421 g/mol. The fraction of sp³-hybridized carbons (Fsp3) is 0.500. The topological polar surface area (TPSA) is 60.1 Å². The van der Waals surface area contributed by atoms with Gasteiger partial charge in [-0.05, 0) is 57.1 Å². The quantitative estimate of drug-likeness (QED) is 0.685. The molecule has 1 unspecified atom stereocenters. The molecule has 1 atom stereocenters. The number of nitrogens with zero attached hydrogens (tertiary/aromatic N) is 6. The third-order valence-electron chi connectivity index (χ3n) is 6.86. The number of rotatable bonds is 5. The van der Waals surface area contributed by atoms with Gasteiger partial charge in [-0.1, -0.05) is 12.1 Å². The summed E-state index contributed by atoms with van der Waals surface area (Å²) >= 11 is 0. The molecule has 0 saturated carbocycles. The Labute approximate surface area is 183 Å². The smallest absolute Gasteiger partial charge is 0.138 e. The molecule has 7 nitrogen and oxygen atoms in total. The van der Waals surface area contributed by atoms with E-state index in [2.05, 4.69) is 51.3 Å². The maximum atomic E-state index is 10.4. The van der Waals surface area contributed by atoms with Crippen LogP contribution in [0.3, 0.4) is 0 Å². The van der Waals surface area contributed by atoms with Crippen molar-refractivity contribution in [2.75, 3.05) is 44.7 Å². The fourth-order valence-corrected chi connectivity index (χ4v) is 5.12. The van der Waals surface area contributed by atoms with Gasteiger partial charge in [0, 0.05) is 38.9 Å². The highest BCUT2D eigenvalue weighted by atomic mass is 16.3. The van der Waals surface area contributed by atoms with Crippen molar-refractivity contribution in [1.82, 2.24) is 24.2 Å². The van der Waals surface area contributed by atoms with E-state index < -0.39 is 0 Å². The summed E-state index contributed by atoms with van der Waals surface area (Å²) in [5.74, 6) is 1.13. The summed E-state index contributed by atoms with van der Waals surface area (Å²) in [4.78, 5) is 16.9. The monoisotopic (exact) mass is 420 g/mol. The summed E-state index contributed by atoms with van der Waals surface area (Å²) in [6.45, 7) is 7.97. The van der Waals surface area contributed by atoms with E-state index in [-0.39, 0.29) is 6.61 Å². The SMILES string of the molecule is Cc1cccnc1C1CCCN1Cc1nc2cccc(N3CCN(C)CC3)n2c1CO. The molecule has 7 heteroatoms. The second-order valence-electron chi connectivity index (χ2n) is 8.87. The first-order valence-corrected chi connectivity index (χ1v) is 11.3. The molecule has 31 heavy (non-hydrogen) atoms. The van der Waals surface area contributed by atoms with Crippen molar-refractivity contribution in [3.8, 4) is 0 Å². The maximum absolute atomic E-state index is 10.4. The van der Waals surface area contributed by atoms with Crippen LogP contribution in [0.15, 0.2) is 36.5 Å². The van der Waals surface area contributed by atoms with E-state index in [0.717, 1.165) is 75.0 Å². The predicted molar refractivity (Wildman–Crippen MR) is 122 cm³/mol. The van der Waals surface area contributed by atoms with Crippen molar-refractivity contribution < 1.29 is 5.11 Å². The van der Waals surface area contributed by atoms with Crippen LogP contribution in [-0.2, 0) is 13.2 Å². The van der Waals surface area contributed by atoms with Gasteiger partial charge in [0.15, 0.2) is 0 Å². The van der Waals surface area contributed by atoms with Crippen molar-refractivity contribution in [2.24, 2.45) is 0 Å². The highest BCUT2D eigenvalue weighted by Crippen LogP contribution is 2.34. The summed E-state index contributed by atoms with van der Waals surface area (Å²) in [5, 5.41) is 10.4. The maximum Gasteiger partial charge on any atom is 0.138 e. The van der Waals surface area contributed by atoms with Crippen LogP contribution in [0.25, 0.3) is 5.65 Å². The molecule has 0 aliphatic carbocycles. The van der Waals surface area contributed by atoms with Crippen molar-refractivity contribution >= 4 is 11.5 Å². The third-order valence-corrected chi connectivity index (χ3v) is 6.86. The zero-order chi connectivity index (χ0) is 21.4. The van der Waals surface area contributed by atoms with Gasteiger partial charge in [-0.3, -0.25) is 14.3 Å². The number of aliphatic hydroxyl groups excluding tert-OH is 1. The Morgan fingerprint density at radius 1 is 1.06 bits per heavy atom. The van der Waals surface area contributed by atoms with Crippen molar-refractivity contribution in [3.63, 3.8) is 0 Å². The molecule has 0 amide bonds. The van der Waals surface area contributed by atoms with Gasteiger partial charge in [-0.25, -0.2) is 4.98 Å². The normalized spacial score (nSPS) is 20.7. The van der Waals surface area contributed by atoms with Gasteiger partial charge in [0.25, 0.3) is 0 Å². The molecule has 2 fully saturated rings. The molecule has 0 aromatic carbocycles. The highest BCUT2D eigenvalue weighted by Gasteiger charge is 2.30. The molecule has 2 aliphatic rings. The number of aromatic nitrogens is 3. The minimum absolute atomic E-state index is 0.0115. The van der Waals surface area contributed by atoms with E-state index in [1.807, 2.05) is 18.3 Å². The first-order valence-electron chi connectivity index (χ1n) is 11.3. The predicted octanol–water partition coefficient (Wildman–Crippen LogP) is 2.62. The van der Waals surface area contributed by atoms with Crippen molar-refractivity contribution in [2.45, 2.75) is 39.0 Å². The Morgan fingerprint density at radius 2 is 1.90 bits per heavy atom. The lowest BCUT2D eigenvalue weighted by Gasteiger charge is -2.34. The van der Waals surface area contributed by atoms with Gasteiger partial charge in [-0.2, -0.15) is 0 Å². The summed E-state index contributed by atoms with van der Waals surface area (Å²) in [5.41, 5.74) is 5.22. The van der Waals surface area contributed by atoms with Crippen LogP contribution in [0.4, 0.5) is 5.82 Å². The van der Waals surface area contributed by atoms with Crippen LogP contribution >= 0.6 is 0 Å². The number of aliphatic hydroxyl groups is 1. The number of aryl methyl sites for hydroxylation is 1. The van der Waals surface area contributed by atoms with Gasteiger partial charge in [0.2, 0.25) is 0 Å². The van der Waals surface area contributed by atoms with E-state index in [1.165, 1.54) is 11.3 Å². The Morgan fingerprint density at radius 3 is 2.68 bits per heavy atom. The van der Waals surface area contributed by atoms with Crippen LogP contribution in [0.1, 0.15) is 41.5 Å². The Hall–Kier alpha value is -2.48. The van der Waals surface area contributed by atoms with E-state index in [0.29, 0.717) is 6.04 Å². The van der Waals surface area contributed by atoms with Crippen LogP contribution in [0.5, 0.6) is 0 Å². The fourth-order valence-electron chi connectivity index (χ4n) is 5.12. The lowest BCUT2D eigenvalue weighted by molar-refractivity contribution is 0.233. The van der Waals surface area contributed by atoms with Gasteiger partial charge >= 0.3 is 0 Å². The summed E-state index contributed by atoms with van der Waals surface area (Å²) in [6, 6.07) is 10.7. The number of fused-ring (bicyclic) bond motifs is 1. The summed E-state index contributed by atoms with van der Waals surface area (Å²) in [7, 11) is 2.17. The van der Waals surface area contributed by atoms with Gasteiger partial charge in [0.1, 0.15) is 11.5 Å². The van der Waals surface area contributed by atoms with Crippen LogP contribution < -0.4 is 4.90 Å². The number of hydrogen-bond acceptors (Lipinski definition) is 6. The van der Waals surface area contributed by atoms with Crippen molar-refractivity contribution in [1.29, 1.82) is 0 Å². The number of anilines is 1. The molecule has 3 aromatic heterocycles. The number of pyridine rings is 2. The molecule has 2 aliphatic heterocycles. The van der Waals surface area contributed by atoms with Crippen molar-refractivity contribution in [3.05, 3.63) is 59.2 Å². The second kappa shape index (κ2) is 8.57. The van der Waals surface area contributed by atoms with E-state index in [4.69, 9.17) is 9.97 Å². The molecule has 5 rings (SSSR count). The number of piperazine rings is 1. The summed E-state index contributed by atoms with van der Waals surface area (Å²) < 4.78 is 2.16. The molecule has 0 radical (unpaired) electrons. The largest absolute Gasteiger partial charge is 0.390 e. The molecule has 164 valence electrons. The standard InChI is InChI=1S/C24H32N6O/c1-18-6-4-10-25-24(18)20-7-5-11-29(20)16-19-21(17-31)30-22(26-19)8-3-9-23(30)28-14-12-27(2)13-15-28/h3-4,6,8-10,20,31H,5,7,11-17H2,1-2H3. The first kappa shape index (κ1) is 20.4. The minimum atomic E-state index is -0.0115. The Bertz CT molecular complexity index is 1060. The van der Waals surface area contributed by atoms with Crippen LogP contribution in [0.2, 0.25) is 0 Å². The molecule has 0 bridgehead atoms. The van der Waals surface area contributed by atoms with Gasteiger partial charge in [0.05, 0.1) is 29.7 Å². The van der Waals surface area contributed by atoms with E-state index in [1.54, 1.807) is 0 Å². The van der Waals surface area contributed by atoms with Crippen LogP contribution in [-0.4, -0.2) is 69.0 Å². The molecule has 0 spiro atoms. The van der Waals surface area contributed by atoms with E-state index in [9.17, 15) is 5.11 Å². The lowest BCUT2D eigenvalue weighted by atomic mass is 10.1. The third kappa shape index (κ3) is 3.82. The van der Waals surface area contributed by atoms with Gasteiger partial charge < -0.3 is 14.9 Å². The first-order chi connectivity index (χ1) is 15.2. The Balaban J connectivity index is 1.48. The van der Waals surface area contributed by atoms with Gasteiger partial charge in [-0.15, -0.1) is 0 Å². The summed E-state index contributed by atoms with van der Waals surface area (Å²) in [6.07, 6.45) is 4.17. The molecular weight excluding hydrogens is 388 g/mol. The number of imidazole rings is 1. The highest BCUT2D eigenvalue weighted by molar-refractivity contribution is 5.55. The Kier molecular flexibility index (Phi) is 5.65. The molecule has 1 N–H and O–H groups in total. The zero-order valence-corrected chi connectivity index (χ0v) is 18.5.